The van der Waals surface area contributed by atoms with Crippen LogP contribution >= 0.6 is 11.8 Å². The van der Waals surface area contributed by atoms with Crippen molar-refractivity contribution in [1.82, 2.24) is 5.32 Å². The molecule has 2 N–H and O–H groups in total. The summed E-state index contributed by atoms with van der Waals surface area (Å²) >= 11 is 1.81. The zero-order chi connectivity index (χ0) is 13.4. The molecule has 0 aliphatic rings. The summed E-state index contributed by atoms with van der Waals surface area (Å²) in [5.41, 5.74) is 1.47. The van der Waals surface area contributed by atoms with Gasteiger partial charge in [0.25, 0.3) is 0 Å². The lowest BCUT2D eigenvalue weighted by atomic mass is 10.1. The molecule has 1 aromatic rings. The Kier molecular flexibility index (Phi) is 6.81. The van der Waals surface area contributed by atoms with Crippen LogP contribution in [-0.2, 0) is 0 Å². The molecule has 0 spiro atoms. The van der Waals surface area contributed by atoms with Crippen molar-refractivity contribution >= 4 is 11.8 Å². The van der Waals surface area contributed by atoms with Gasteiger partial charge in [-0.05, 0) is 30.4 Å². The molecule has 0 aromatic heterocycles. The lowest BCUT2D eigenvalue weighted by Gasteiger charge is -2.18. The molecule has 0 heterocycles. The largest absolute Gasteiger partial charge is 0.387 e. The van der Waals surface area contributed by atoms with Gasteiger partial charge >= 0.3 is 0 Å². The molecule has 0 aliphatic carbocycles. The lowest BCUT2D eigenvalue weighted by Crippen LogP contribution is -2.34. The molecule has 98 valence electrons. The van der Waals surface area contributed by atoms with E-state index in [0.717, 1.165) is 17.7 Å². The van der Waals surface area contributed by atoms with Crippen LogP contribution in [0.1, 0.15) is 30.6 Å². The zero-order valence-electron chi connectivity index (χ0n) is 10.9. The number of rotatable bonds is 7. The van der Waals surface area contributed by atoms with E-state index in [1.165, 1.54) is 0 Å². The molecular weight excluding hydrogens is 244 g/mol. The molecule has 2 atom stereocenters. The van der Waals surface area contributed by atoms with Gasteiger partial charge < -0.3 is 10.4 Å². The number of nitrogens with one attached hydrogen (secondary N) is 1. The van der Waals surface area contributed by atoms with Gasteiger partial charge in [0.1, 0.15) is 0 Å². The van der Waals surface area contributed by atoms with Gasteiger partial charge in [0.15, 0.2) is 0 Å². The lowest BCUT2D eigenvalue weighted by molar-refractivity contribution is 0.170. The number of hydrogen-bond acceptors (Lipinski definition) is 4. The van der Waals surface area contributed by atoms with Gasteiger partial charge in [0.05, 0.1) is 17.7 Å². The average Bonchev–Trinajstić information content (AvgIpc) is 2.43. The number of hydrogen-bond donors (Lipinski definition) is 2. The van der Waals surface area contributed by atoms with Crippen molar-refractivity contribution in [3.05, 3.63) is 35.4 Å². The first-order valence-corrected chi connectivity index (χ1v) is 7.51. The Morgan fingerprint density at radius 3 is 2.56 bits per heavy atom. The van der Waals surface area contributed by atoms with Gasteiger partial charge in [0, 0.05) is 18.3 Å². The smallest absolute Gasteiger partial charge is 0.0991 e. The normalized spacial score (nSPS) is 13.9. The highest BCUT2D eigenvalue weighted by Crippen LogP contribution is 2.13. The molecule has 0 fully saturated rings. The quantitative estimate of drug-likeness (QED) is 0.793. The molecule has 1 aromatic carbocycles. The fourth-order valence-corrected chi connectivity index (χ4v) is 2.45. The molecule has 0 bridgehead atoms. The van der Waals surface area contributed by atoms with Crippen LogP contribution in [-0.4, -0.2) is 29.7 Å². The van der Waals surface area contributed by atoms with Gasteiger partial charge in [-0.2, -0.15) is 17.0 Å². The van der Waals surface area contributed by atoms with Crippen molar-refractivity contribution in [1.29, 1.82) is 5.26 Å². The second kappa shape index (κ2) is 8.15. The Labute approximate surface area is 113 Å². The van der Waals surface area contributed by atoms with Crippen LogP contribution in [0.25, 0.3) is 0 Å². The van der Waals surface area contributed by atoms with Gasteiger partial charge in [-0.15, -0.1) is 0 Å². The molecule has 0 radical (unpaired) electrons. The number of thioether (sulfide) groups is 1. The van der Waals surface area contributed by atoms with Crippen molar-refractivity contribution in [2.75, 3.05) is 18.6 Å². The number of aliphatic hydroxyl groups is 1. The van der Waals surface area contributed by atoms with Crippen LogP contribution in [0.2, 0.25) is 0 Å². The maximum Gasteiger partial charge on any atom is 0.0991 e. The molecule has 0 saturated heterocycles. The highest BCUT2D eigenvalue weighted by molar-refractivity contribution is 7.98. The molecular formula is C14H20N2OS. The summed E-state index contributed by atoms with van der Waals surface area (Å²) in [6, 6.07) is 9.59. The van der Waals surface area contributed by atoms with Crippen LogP contribution < -0.4 is 5.32 Å². The molecule has 2 unspecified atom stereocenters. The number of nitrogens with zero attached hydrogens (tertiary/aromatic N) is 1. The van der Waals surface area contributed by atoms with E-state index < -0.39 is 6.10 Å². The topological polar surface area (TPSA) is 56.0 Å². The Bertz CT molecular complexity index is 386. The molecule has 0 amide bonds. The molecule has 4 heteroatoms. The van der Waals surface area contributed by atoms with Crippen LogP contribution in [0.15, 0.2) is 24.3 Å². The van der Waals surface area contributed by atoms with E-state index in [1.54, 1.807) is 36.0 Å². The van der Waals surface area contributed by atoms with E-state index in [1.807, 2.05) is 0 Å². The number of benzene rings is 1. The van der Waals surface area contributed by atoms with E-state index in [9.17, 15) is 5.11 Å². The SMILES string of the molecule is CCC(CSC)NCC(O)c1ccc(C#N)cc1. The molecule has 0 saturated carbocycles. The highest BCUT2D eigenvalue weighted by atomic mass is 32.2. The molecule has 18 heavy (non-hydrogen) atoms. The van der Waals surface area contributed by atoms with Crippen molar-refractivity contribution in [3.8, 4) is 6.07 Å². The van der Waals surface area contributed by atoms with Crippen LogP contribution in [0.5, 0.6) is 0 Å². The second-order valence-corrected chi connectivity index (χ2v) is 5.13. The van der Waals surface area contributed by atoms with Gasteiger partial charge in [0.2, 0.25) is 0 Å². The Morgan fingerprint density at radius 1 is 1.39 bits per heavy atom. The summed E-state index contributed by atoms with van der Waals surface area (Å²) < 4.78 is 0. The van der Waals surface area contributed by atoms with Crippen LogP contribution in [0, 0.1) is 11.3 Å². The summed E-state index contributed by atoms with van der Waals surface area (Å²) in [5, 5.41) is 22.1. The monoisotopic (exact) mass is 264 g/mol. The third kappa shape index (κ3) is 4.69. The number of aliphatic hydroxyl groups excluding tert-OH is 1. The minimum atomic E-state index is -0.520. The van der Waals surface area contributed by atoms with Crippen molar-refractivity contribution in [2.24, 2.45) is 0 Å². The summed E-state index contributed by atoms with van der Waals surface area (Å²) in [7, 11) is 0. The second-order valence-electron chi connectivity index (χ2n) is 4.22. The van der Waals surface area contributed by atoms with E-state index in [4.69, 9.17) is 5.26 Å². The fraction of sp³-hybridized carbons (Fsp3) is 0.500. The third-order valence-electron chi connectivity index (χ3n) is 2.89. The van der Waals surface area contributed by atoms with E-state index in [2.05, 4.69) is 24.6 Å². The predicted molar refractivity (Wildman–Crippen MR) is 76.6 cm³/mol. The molecule has 0 aliphatic heterocycles. The minimum absolute atomic E-state index is 0.438. The van der Waals surface area contributed by atoms with Gasteiger partial charge in [-0.25, -0.2) is 0 Å². The fourth-order valence-electron chi connectivity index (χ4n) is 1.70. The van der Waals surface area contributed by atoms with E-state index in [-0.39, 0.29) is 0 Å². The van der Waals surface area contributed by atoms with Gasteiger partial charge in [-0.3, -0.25) is 0 Å². The summed E-state index contributed by atoms with van der Waals surface area (Å²) in [4.78, 5) is 0. The Morgan fingerprint density at radius 2 is 2.06 bits per heavy atom. The molecule has 3 nitrogen and oxygen atoms in total. The third-order valence-corrected chi connectivity index (χ3v) is 3.62. The maximum absolute atomic E-state index is 10.0. The standard InChI is InChI=1S/C14H20N2OS/c1-3-13(10-18-2)16-9-14(17)12-6-4-11(8-15)5-7-12/h4-7,13-14,16-17H,3,9-10H2,1-2H3. The van der Waals surface area contributed by atoms with E-state index in [0.29, 0.717) is 18.2 Å². The van der Waals surface area contributed by atoms with Gasteiger partial charge in [-0.1, -0.05) is 19.1 Å². The summed E-state index contributed by atoms with van der Waals surface area (Å²) in [6.45, 7) is 2.69. The van der Waals surface area contributed by atoms with Crippen molar-refractivity contribution in [3.63, 3.8) is 0 Å². The van der Waals surface area contributed by atoms with Crippen molar-refractivity contribution in [2.45, 2.75) is 25.5 Å². The highest BCUT2D eigenvalue weighted by Gasteiger charge is 2.10. The van der Waals surface area contributed by atoms with Crippen molar-refractivity contribution < 1.29 is 5.11 Å². The first-order valence-electron chi connectivity index (χ1n) is 6.11. The minimum Gasteiger partial charge on any atom is -0.387 e. The average molecular weight is 264 g/mol. The maximum atomic E-state index is 10.0. The molecule has 1 rings (SSSR count). The predicted octanol–water partition coefficient (Wildman–Crippen LogP) is 2.32. The van der Waals surface area contributed by atoms with Crippen LogP contribution in [0.4, 0.5) is 0 Å². The Balaban J connectivity index is 2.49. The van der Waals surface area contributed by atoms with Crippen LogP contribution in [0.3, 0.4) is 0 Å². The summed E-state index contributed by atoms with van der Waals surface area (Å²) in [5.74, 6) is 1.05. The van der Waals surface area contributed by atoms with E-state index >= 15 is 0 Å². The first-order chi connectivity index (χ1) is 8.71. The Hall–Kier alpha value is -1.02. The first kappa shape index (κ1) is 15.0. The summed E-state index contributed by atoms with van der Waals surface area (Å²) in [6.07, 6.45) is 2.62. The number of nitriles is 1. The zero-order valence-corrected chi connectivity index (χ0v) is 11.7.